The number of aliphatic hydroxyl groups is 1. The Morgan fingerprint density at radius 3 is 2.59 bits per heavy atom. The molecule has 9 nitrogen and oxygen atoms in total. The van der Waals surface area contributed by atoms with Gasteiger partial charge in [0.1, 0.15) is 22.9 Å². The van der Waals surface area contributed by atoms with Crippen LogP contribution < -0.4 is 10.6 Å². The Hall–Kier alpha value is -3.98. The van der Waals surface area contributed by atoms with E-state index in [2.05, 4.69) is 20.6 Å². The smallest absolute Gasteiger partial charge is 0.341 e. The van der Waals surface area contributed by atoms with Crippen LogP contribution in [0.4, 0.5) is 17.3 Å². The topological polar surface area (TPSA) is 134 Å². The van der Waals surface area contributed by atoms with Crippen molar-refractivity contribution in [3.05, 3.63) is 77.1 Å². The van der Waals surface area contributed by atoms with Gasteiger partial charge in [-0.15, -0.1) is 0 Å². The second-order valence-electron chi connectivity index (χ2n) is 8.52. The zero-order valence-corrected chi connectivity index (χ0v) is 18.3. The lowest BCUT2D eigenvalue weighted by atomic mass is 9.96. The lowest BCUT2D eigenvalue weighted by molar-refractivity contribution is -0.00634. The molecule has 0 unspecified atom stereocenters. The molecule has 1 aliphatic heterocycles. The summed E-state index contributed by atoms with van der Waals surface area (Å²) >= 11 is 0. The summed E-state index contributed by atoms with van der Waals surface area (Å²) in [7, 11) is 0. The van der Waals surface area contributed by atoms with Gasteiger partial charge >= 0.3 is 11.9 Å². The second kappa shape index (κ2) is 8.75. The number of rotatable bonds is 7. The molecule has 1 spiro atoms. The lowest BCUT2D eigenvalue weighted by Crippen LogP contribution is -2.23. The van der Waals surface area contributed by atoms with Crippen molar-refractivity contribution in [3.63, 3.8) is 0 Å². The fraction of sp³-hybridized carbons (Fsp3) is 0.280. The third-order valence-electron chi connectivity index (χ3n) is 6.35. The summed E-state index contributed by atoms with van der Waals surface area (Å²) < 4.78 is 5.70. The average molecular weight is 460 g/mol. The molecule has 0 saturated heterocycles. The van der Waals surface area contributed by atoms with Gasteiger partial charge in [0, 0.05) is 12.3 Å². The zero-order chi connectivity index (χ0) is 23.7. The molecule has 1 fully saturated rings. The number of hydrogen-bond donors (Lipinski definition) is 4. The van der Waals surface area contributed by atoms with Crippen molar-refractivity contribution in [1.82, 2.24) is 9.97 Å². The number of carboxylic acids is 1. The molecule has 9 heteroatoms. The minimum atomic E-state index is -1.14. The number of ether oxygens (including phenoxy) is 1. The van der Waals surface area contributed by atoms with Gasteiger partial charge in [0.05, 0.1) is 23.9 Å². The highest BCUT2D eigenvalue weighted by Gasteiger charge is 2.48. The van der Waals surface area contributed by atoms with Gasteiger partial charge in [0.2, 0.25) is 0 Å². The van der Waals surface area contributed by atoms with E-state index < -0.39 is 17.6 Å². The number of pyridine rings is 2. The van der Waals surface area contributed by atoms with Gasteiger partial charge in [-0.1, -0.05) is 30.3 Å². The van der Waals surface area contributed by atoms with Crippen molar-refractivity contribution in [3.8, 4) is 0 Å². The molecule has 4 N–H and O–H groups in total. The highest BCUT2D eigenvalue weighted by molar-refractivity contribution is 5.95. The van der Waals surface area contributed by atoms with Crippen LogP contribution in [0.2, 0.25) is 0 Å². The van der Waals surface area contributed by atoms with E-state index in [0.29, 0.717) is 28.6 Å². The Morgan fingerprint density at radius 1 is 1.12 bits per heavy atom. The van der Waals surface area contributed by atoms with E-state index in [0.717, 1.165) is 31.2 Å². The number of esters is 1. The Bertz CT molecular complexity index is 1240. The summed E-state index contributed by atoms with van der Waals surface area (Å²) in [6.07, 6.45) is 4.72. The van der Waals surface area contributed by atoms with Crippen LogP contribution in [0.15, 0.2) is 54.7 Å². The molecule has 2 aromatic heterocycles. The Labute approximate surface area is 195 Å². The highest BCUT2D eigenvalue weighted by atomic mass is 16.6. The van der Waals surface area contributed by atoms with Gasteiger partial charge in [-0.05, 0) is 43.4 Å². The Kier molecular flexibility index (Phi) is 5.62. The number of nitrogens with zero attached hydrogens (tertiary/aromatic N) is 2. The molecule has 3 heterocycles. The summed E-state index contributed by atoms with van der Waals surface area (Å²) in [5.74, 6) is -0.634. The van der Waals surface area contributed by atoms with Crippen molar-refractivity contribution >= 4 is 29.3 Å². The molecule has 0 radical (unpaired) electrons. The standard InChI is InChI=1S/C25H24N4O5/c30-14-19(15-6-2-1-3-7-15)27-18-12-21(26-13-17(18)23(31)32)28-20-9-8-16-22(29-20)25(34-24(16)33)10-4-5-11-25/h1-3,6-9,12-13,19,30H,4-5,10-11,14H2,(H,31,32)(H2,26,27,28,29)/t19-/m1/s1. The molecule has 1 saturated carbocycles. The maximum absolute atomic E-state index is 12.3. The van der Waals surface area contributed by atoms with E-state index in [1.165, 1.54) is 6.20 Å². The predicted molar refractivity (Wildman–Crippen MR) is 124 cm³/mol. The summed E-state index contributed by atoms with van der Waals surface area (Å²) in [4.78, 5) is 33.0. The molecule has 5 rings (SSSR count). The molecule has 34 heavy (non-hydrogen) atoms. The summed E-state index contributed by atoms with van der Waals surface area (Å²) in [5, 5.41) is 25.7. The molecule has 1 aliphatic carbocycles. The monoisotopic (exact) mass is 460 g/mol. The van der Waals surface area contributed by atoms with Crippen LogP contribution >= 0.6 is 0 Å². The summed E-state index contributed by atoms with van der Waals surface area (Å²) in [6.45, 7) is -0.226. The number of carbonyl (C=O) groups is 2. The van der Waals surface area contributed by atoms with Crippen molar-refractivity contribution in [2.24, 2.45) is 0 Å². The normalized spacial score (nSPS) is 16.7. The van der Waals surface area contributed by atoms with E-state index in [4.69, 9.17) is 4.74 Å². The van der Waals surface area contributed by atoms with Crippen LogP contribution in [0.3, 0.4) is 0 Å². The molecule has 3 aromatic rings. The quantitative estimate of drug-likeness (QED) is 0.386. The van der Waals surface area contributed by atoms with Crippen molar-refractivity contribution in [2.75, 3.05) is 17.2 Å². The fourth-order valence-electron chi connectivity index (χ4n) is 4.66. The number of fused-ring (bicyclic) bond motifs is 2. The first-order valence-electron chi connectivity index (χ1n) is 11.2. The number of aromatic carboxylic acids is 1. The van der Waals surface area contributed by atoms with Crippen LogP contribution in [-0.4, -0.2) is 38.7 Å². The summed E-state index contributed by atoms with van der Waals surface area (Å²) in [6, 6.07) is 13.7. The third kappa shape index (κ3) is 3.94. The van der Waals surface area contributed by atoms with Crippen molar-refractivity contribution < 1.29 is 24.5 Å². The summed E-state index contributed by atoms with van der Waals surface area (Å²) in [5.41, 5.74) is 1.58. The minimum Gasteiger partial charge on any atom is -0.478 e. The second-order valence-corrected chi connectivity index (χ2v) is 8.52. The van der Waals surface area contributed by atoms with Crippen molar-refractivity contribution in [2.45, 2.75) is 37.3 Å². The van der Waals surface area contributed by atoms with E-state index in [9.17, 15) is 19.8 Å². The van der Waals surface area contributed by atoms with Gasteiger partial charge in [-0.25, -0.2) is 19.6 Å². The average Bonchev–Trinajstić information content (AvgIpc) is 3.42. The van der Waals surface area contributed by atoms with Gasteiger partial charge < -0.3 is 25.6 Å². The van der Waals surface area contributed by atoms with E-state index >= 15 is 0 Å². The number of anilines is 3. The number of nitrogens with one attached hydrogen (secondary N) is 2. The Balaban J connectivity index is 1.44. The van der Waals surface area contributed by atoms with Gasteiger partial charge in [0.25, 0.3) is 0 Å². The fourth-order valence-corrected chi connectivity index (χ4v) is 4.66. The molecule has 0 amide bonds. The first-order chi connectivity index (χ1) is 16.5. The van der Waals surface area contributed by atoms with Crippen LogP contribution in [0.1, 0.15) is 63.7 Å². The number of carboxylic acid groups (broad SMARTS) is 1. The van der Waals surface area contributed by atoms with Gasteiger partial charge in [-0.2, -0.15) is 0 Å². The predicted octanol–water partition coefficient (Wildman–Crippen LogP) is 4.00. The third-order valence-corrected chi connectivity index (χ3v) is 6.35. The molecule has 1 aromatic carbocycles. The maximum Gasteiger partial charge on any atom is 0.341 e. The molecular weight excluding hydrogens is 436 g/mol. The molecule has 2 aliphatic rings. The van der Waals surface area contributed by atoms with E-state index in [1.54, 1.807) is 18.2 Å². The van der Waals surface area contributed by atoms with Crippen LogP contribution in [0.5, 0.6) is 0 Å². The number of carbonyl (C=O) groups excluding carboxylic acids is 1. The van der Waals surface area contributed by atoms with E-state index in [-0.39, 0.29) is 18.1 Å². The molecule has 1 atom stereocenters. The Morgan fingerprint density at radius 2 is 1.88 bits per heavy atom. The first kappa shape index (κ1) is 21.8. The SMILES string of the molecule is O=C(O)c1cnc(Nc2ccc3c(n2)C2(CCCC2)OC3=O)cc1N[C@H](CO)c1ccccc1. The number of hydrogen-bond acceptors (Lipinski definition) is 8. The lowest BCUT2D eigenvalue weighted by Gasteiger charge is -2.22. The molecule has 174 valence electrons. The van der Waals surface area contributed by atoms with Crippen LogP contribution in [-0.2, 0) is 10.3 Å². The number of benzene rings is 1. The largest absolute Gasteiger partial charge is 0.478 e. The highest BCUT2D eigenvalue weighted by Crippen LogP contribution is 2.47. The van der Waals surface area contributed by atoms with Crippen molar-refractivity contribution in [1.29, 1.82) is 0 Å². The molecular formula is C25H24N4O5. The van der Waals surface area contributed by atoms with Crippen LogP contribution in [0.25, 0.3) is 0 Å². The maximum atomic E-state index is 12.3. The van der Waals surface area contributed by atoms with Gasteiger partial charge in [-0.3, -0.25) is 0 Å². The molecule has 0 bridgehead atoms. The minimum absolute atomic E-state index is 0.0225. The van der Waals surface area contributed by atoms with Gasteiger partial charge in [0.15, 0.2) is 5.60 Å². The van der Waals surface area contributed by atoms with Crippen LogP contribution in [0, 0.1) is 0 Å². The zero-order valence-electron chi connectivity index (χ0n) is 18.3. The number of aromatic nitrogens is 2. The first-order valence-corrected chi connectivity index (χ1v) is 11.2. The number of aliphatic hydroxyl groups excluding tert-OH is 1. The van der Waals surface area contributed by atoms with E-state index in [1.807, 2.05) is 30.3 Å².